The van der Waals surface area contributed by atoms with E-state index in [1.54, 1.807) is 4.90 Å². The molecule has 1 unspecified atom stereocenters. The summed E-state index contributed by atoms with van der Waals surface area (Å²) in [5, 5.41) is 11.3. The van der Waals surface area contributed by atoms with Gasteiger partial charge in [0.25, 0.3) is 0 Å². The van der Waals surface area contributed by atoms with Crippen LogP contribution in [-0.4, -0.2) is 35.1 Å². The maximum atomic E-state index is 11.9. The Balaban J connectivity index is 1.79. The molecule has 1 aliphatic heterocycles. The van der Waals surface area contributed by atoms with Gasteiger partial charge in [-0.2, -0.15) is 0 Å². The highest BCUT2D eigenvalue weighted by molar-refractivity contribution is 5.75. The minimum absolute atomic E-state index is 0.0857. The fourth-order valence-corrected chi connectivity index (χ4v) is 2.19. The lowest BCUT2D eigenvalue weighted by atomic mass is 9.95. The van der Waals surface area contributed by atoms with Gasteiger partial charge in [-0.15, -0.1) is 0 Å². The molecule has 0 aliphatic carbocycles. The highest BCUT2D eigenvalue weighted by atomic mass is 16.4. The second-order valence-electron chi connectivity index (χ2n) is 4.64. The molecule has 2 N–H and O–H groups in total. The Labute approximate surface area is 112 Å². The third-order valence-electron chi connectivity index (χ3n) is 3.31. The van der Waals surface area contributed by atoms with Gasteiger partial charge in [0, 0.05) is 19.5 Å². The number of hydrogen-bond acceptors (Lipinski definition) is 2. The Morgan fingerprint density at radius 2 is 2.05 bits per heavy atom. The molecule has 2 rings (SSSR count). The molecule has 1 aromatic rings. The van der Waals surface area contributed by atoms with Crippen LogP contribution < -0.4 is 5.32 Å². The molecule has 1 heterocycles. The van der Waals surface area contributed by atoms with Crippen LogP contribution in [0.2, 0.25) is 0 Å². The third-order valence-corrected chi connectivity index (χ3v) is 3.31. The van der Waals surface area contributed by atoms with Crippen LogP contribution in [0, 0.1) is 0 Å². The first-order chi connectivity index (χ1) is 9.18. The Hall–Kier alpha value is -2.04. The zero-order chi connectivity index (χ0) is 13.7. The summed E-state index contributed by atoms with van der Waals surface area (Å²) in [6, 6.07) is 9.99. The van der Waals surface area contributed by atoms with Gasteiger partial charge in [-0.3, -0.25) is 4.79 Å². The topological polar surface area (TPSA) is 69.6 Å². The summed E-state index contributed by atoms with van der Waals surface area (Å²) in [5.41, 5.74) is 1.15. The van der Waals surface area contributed by atoms with Crippen molar-refractivity contribution in [3.8, 4) is 0 Å². The molecule has 5 nitrogen and oxygen atoms in total. The summed E-state index contributed by atoms with van der Waals surface area (Å²) in [6.45, 7) is 1.16. The van der Waals surface area contributed by atoms with Gasteiger partial charge in [0.15, 0.2) is 0 Å². The van der Waals surface area contributed by atoms with E-state index in [2.05, 4.69) is 5.32 Å². The van der Waals surface area contributed by atoms with Crippen LogP contribution in [0.1, 0.15) is 30.9 Å². The maximum Gasteiger partial charge on any atom is 0.317 e. The summed E-state index contributed by atoms with van der Waals surface area (Å²) in [7, 11) is 0. The van der Waals surface area contributed by atoms with Gasteiger partial charge in [0.2, 0.25) is 0 Å². The number of aliphatic carboxylic acids is 1. The number of likely N-dealkylation sites (tertiary alicyclic amines) is 1. The maximum absolute atomic E-state index is 11.9. The van der Waals surface area contributed by atoms with Gasteiger partial charge in [-0.1, -0.05) is 30.3 Å². The number of amides is 2. The molecule has 0 saturated carbocycles. The number of hydrogen-bond donors (Lipinski definition) is 2. The minimum Gasteiger partial charge on any atom is -0.481 e. The highest BCUT2D eigenvalue weighted by Gasteiger charge is 2.32. The number of nitrogens with one attached hydrogen (secondary N) is 1. The number of rotatable bonds is 5. The first-order valence-electron chi connectivity index (χ1n) is 6.49. The van der Waals surface area contributed by atoms with E-state index in [0.717, 1.165) is 18.5 Å². The normalized spacial score (nSPS) is 17.7. The van der Waals surface area contributed by atoms with Crippen LogP contribution in [0.4, 0.5) is 4.79 Å². The van der Waals surface area contributed by atoms with Crippen molar-refractivity contribution < 1.29 is 14.7 Å². The summed E-state index contributed by atoms with van der Waals surface area (Å²) in [5.74, 6) is -0.833. The van der Waals surface area contributed by atoms with Crippen molar-refractivity contribution in [2.45, 2.75) is 25.3 Å². The van der Waals surface area contributed by atoms with Crippen molar-refractivity contribution in [1.29, 1.82) is 0 Å². The second-order valence-corrected chi connectivity index (χ2v) is 4.64. The second kappa shape index (κ2) is 6.22. The largest absolute Gasteiger partial charge is 0.481 e. The summed E-state index contributed by atoms with van der Waals surface area (Å²) >= 11 is 0. The molecule has 1 atom stereocenters. The SMILES string of the molecule is O=C(O)CCCNC(=O)N1CCC1c1ccccc1. The molecule has 102 valence electrons. The first kappa shape index (κ1) is 13.4. The van der Waals surface area contributed by atoms with Gasteiger partial charge in [0.1, 0.15) is 0 Å². The van der Waals surface area contributed by atoms with E-state index in [9.17, 15) is 9.59 Å². The van der Waals surface area contributed by atoms with Gasteiger partial charge >= 0.3 is 12.0 Å². The molecule has 5 heteroatoms. The van der Waals surface area contributed by atoms with E-state index < -0.39 is 5.97 Å². The molecule has 0 bridgehead atoms. The zero-order valence-corrected chi connectivity index (χ0v) is 10.7. The quantitative estimate of drug-likeness (QED) is 0.797. The van der Waals surface area contributed by atoms with Crippen molar-refractivity contribution in [2.24, 2.45) is 0 Å². The molecular formula is C14H18N2O3. The molecule has 1 saturated heterocycles. The Kier molecular flexibility index (Phi) is 4.39. The average molecular weight is 262 g/mol. The monoisotopic (exact) mass is 262 g/mol. The molecule has 1 aromatic carbocycles. The lowest BCUT2D eigenvalue weighted by Crippen LogP contribution is -2.50. The lowest BCUT2D eigenvalue weighted by molar-refractivity contribution is -0.137. The van der Waals surface area contributed by atoms with E-state index in [-0.39, 0.29) is 18.5 Å². The van der Waals surface area contributed by atoms with E-state index >= 15 is 0 Å². The molecule has 19 heavy (non-hydrogen) atoms. The first-order valence-corrected chi connectivity index (χ1v) is 6.49. The number of carboxylic acid groups (broad SMARTS) is 1. The van der Waals surface area contributed by atoms with Crippen LogP contribution >= 0.6 is 0 Å². The number of carbonyl (C=O) groups excluding carboxylic acids is 1. The molecule has 0 radical (unpaired) electrons. The van der Waals surface area contributed by atoms with E-state index in [0.29, 0.717) is 13.0 Å². The zero-order valence-electron chi connectivity index (χ0n) is 10.7. The van der Waals surface area contributed by atoms with E-state index in [4.69, 9.17) is 5.11 Å². The van der Waals surface area contributed by atoms with Crippen LogP contribution in [0.25, 0.3) is 0 Å². The molecule has 1 fully saturated rings. The molecule has 0 aromatic heterocycles. The fourth-order valence-electron chi connectivity index (χ4n) is 2.19. The number of nitrogens with zero attached hydrogens (tertiary/aromatic N) is 1. The van der Waals surface area contributed by atoms with E-state index in [1.807, 2.05) is 30.3 Å². The Morgan fingerprint density at radius 3 is 2.63 bits per heavy atom. The number of urea groups is 1. The average Bonchev–Trinajstić information content (AvgIpc) is 2.34. The van der Waals surface area contributed by atoms with E-state index in [1.165, 1.54) is 0 Å². The van der Waals surface area contributed by atoms with Crippen LogP contribution in [0.5, 0.6) is 0 Å². The van der Waals surface area contributed by atoms with Crippen molar-refractivity contribution in [3.05, 3.63) is 35.9 Å². The molecule has 0 spiro atoms. The van der Waals surface area contributed by atoms with Gasteiger partial charge < -0.3 is 15.3 Å². The van der Waals surface area contributed by atoms with Crippen molar-refractivity contribution in [2.75, 3.05) is 13.1 Å². The predicted molar refractivity (Wildman–Crippen MR) is 70.8 cm³/mol. The van der Waals surface area contributed by atoms with Crippen LogP contribution in [0.15, 0.2) is 30.3 Å². The van der Waals surface area contributed by atoms with Crippen molar-refractivity contribution in [3.63, 3.8) is 0 Å². The Morgan fingerprint density at radius 1 is 1.32 bits per heavy atom. The molecular weight excluding hydrogens is 244 g/mol. The molecule has 1 aliphatic rings. The van der Waals surface area contributed by atoms with Crippen LogP contribution in [0.3, 0.4) is 0 Å². The lowest BCUT2D eigenvalue weighted by Gasteiger charge is -2.41. The van der Waals surface area contributed by atoms with Gasteiger partial charge in [0.05, 0.1) is 6.04 Å². The molecule has 2 amide bonds. The van der Waals surface area contributed by atoms with Gasteiger partial charge in [-0.05, 0) is 18.4 Å². The summed E-state index contributed by atoms with van der Waals surface area (Å²) < 4.78 is 0. The minimum atomic E-state index is -0.833. The summed E-state index contributed by atoms with van der Waals surface area (Å²) in [4.78, 5) is 24.1. The fraction of sp³-hybridized carbons (Fsp3) is 0.429. The third kappa shape index (κ3) is 3.47. The Bertz CT molecular complexity index is 447. The highest BCUT2D eigenvalue weighted by Crippen LogP contribution is 2.32. The number of carbonyl (C=O) groups is 2. The van der Waals surface area contributed by atoms with Gasteiger partial charge in [-0.25, -0.2) is 4.79 Å². The van der Waals surface area contributed by atoms with Crippen LogP contribution in [-0.2, 0) is 4.79 Å². The number of carboxylic acids is 1. The van der Waals surface area contributed by atoms with Crippen molar-refractivity contribution in [1.82, 2.24) is 10.2 Å². The smallest absolute Gasteiger partial charge is 0.317 e. The predicted octanol–water partition coefficient (Wildman–Crippen LogP) is 2.01. The summed E-state index contributed by atoms with van der Waals surface area (Å²) in [6.07, 6.45) is 1.53. The van der Waals surface area contributed by atoms with Crippen molar-refractivity contribution >= 4 is 12.0 Å². The standard InChI is InChI=1S/C14H18N2O3/c17-13(18)7-4-9-15-14(19)16-10-8-12(16)11-5-2-1-3-6-11/h1-3,5-6,12H,4,7-10H2,(H,15,19)(H,17,18). The number of benzene rings is 1.